The van der Waals surface area contributed by atoms with Gasteiger partial charge in [-0.05, 0) is 38.8 Å². The zero-order chi connectivity index (χ0) is 13.8. The van der Waals surface area contributed by atoms with E-state index in [4.69, 9.17) is 5.11 Å². The molecule has 0 radical (unpaired) electrons. The van der Waals surface area contributed by atoms with Gasteiger partial charge >= 0.3 is 6.18 Å². The monoisotopic (exact) mass is 268 g/mol. The van der Waals surface area contributed by atoms with E-state index in [9.17, 15) is 13.2 Å². The lowest BCUT2D eigenvalue weighted by molar-refractivity contribution is -0.209. The highest BCUT2D eigenvalue weighted by molar-refractivity contribution is 4.82. The highest BCUT2D eigenvalue weighted by Crippen LogP contribution is 2.24. The van der Waals surface area contributed by atoms with Crippen LogP contribution in [0.5, 0.6) is 0 Å². The van der Waals surface area contributed by atoms with Gasteiger partial charge in [-0.15, -0.1) is 0 Å². The van der Waals surface area contributed by atoms with Crippen molar-refractivity contribution in [3.05, 3.63) is 0 Å². The molecular weight excluding hydrogens is 245 g/mol. The molecule has 0 amide bonds. The predicted molar refractivity (Wildman–Crippen MR) is 64.4 cm³/mol. The molecule has 0 aliphatic carbocycles. The molecule has 1 saturated heterocycles. The molecule has 6 heteroatoms. The third-order valence-electron chi connectivity index (χ3n) is 3.58. The zero-order valence-electron chi connectivity index (χ0n) is 11.0. The number of β-amino-alcohol motifs (C(OH)–C–C–N with tert-alkyl or cyclic N) is 1. The highest BCUT2D eigenvalue weighted by Gasteiger charge is 2.39. The van der Waals surface area contributed by atoms with Crippen molar-refractivity contribution in [1.82, 2.24) is 10.2 Å². The van der Waals surface area contributed by atoms with Crippen molar-refractivity contribution in [2.45, 2.75) is 45.0 Å². The van der Waals surface area contributed by atoms with Gasteiger partial charge in [0, 0.05) is 19.1 Å². The largest absolute Gasteiger partial charge is 0.415 e. The Balaban J connectivity index is 2.44. The minimum atomic E-state index is -4.51. The molecule has 0 aromatic heterocycles. The lowest BCUT2D eigenvalue weighted by Gasteiger charge is -2.37. The molecule has 1 fully saturated rings. The Hall–Kier alpha value is -0.330. The summed E-state index contributed by atoms with van der Waals surface area (Å²) < 4.78 is 36.9. The zero-order valence-corrected chi connectivity index (χ0v) is 11.0. The second-order valence-electron chi connectivity index (χ2n) is 5.07. The van der Waals surface area contributed by atoms with Crippen LogP contribution in [0, 0.1) is 5.92 Å². The Morgan fingerprint density at radius 1 is 1.44 bits per heavy atom. The summed E-state index contributed by atoms with van der Waals surface area (Å²) in [5.74, 6) is 0.360. The number of likely N-dealkylation sites (tertiary alicyclic amines) is 1. The first-order valence-electron chi connectivity index (χ1n) is 6.55. The van der Waals surface area contributed by atoms with Crippen LogP contribution in [0.4, 0.5) is 13.2 Å². The van der Waals surface area contributed by atoms with Gasteiger partial charge in [0.15, 0.2) is 6.10 Å². The smallest absolute Gasteiger partial charge is 0.382 e. The van der Waals surface area contributed by atoms with E-state index < -0.39 is 12.3 Å². The number of nitrogens with zero attached hydrogens (tertiary/aromatic N) is 1. The topological polar surface area (TPSA) is 35.5 Å². The number of aliphatic hydroxyl groups excluding tert-OH is 1. The normalized spacial score (nSPS) is 26.0. The molecule has 0 aromatic carbocycles. The fourth-order valence-electron chi connectivity index (χ4n) is 2.50. The van der Waals surface area contributed by atoms with Crippen molar-refractivity contribution in [3.63, 3.8) is 0 Å². The van der Waals surface area contributed by atoms with Gasteiger partial charge in [0.1, 0.15) is 0 Å². The Kier molecular flexibility index (Phi) is 5.88. The predicted octanol–water partition coefficient (Wildman–Crippen LogP) is 1.62. The standard InChI is InChI=1S/C12H23F3N2O/c1-3-16-9(2)10-5-4-6-17(7-10)8-11(18)12(13,14)15/h9-11,16,18H,3-8H2,1-2H3. The summed E-state index contributed by atoms with van der Waals surface area (Å²) >= 11 is 0. The van der Waals surface area contributed by atoms with Gasteiger partial charge in [0.25, 0.3) is 0 Å². The summed E-state index contributed by atoms with van der Waals surface area (Å²) in [6, 6.07) is 0.306. The Morgan fingerprint density at radius 2 is 2.11 bits per heavy atom. The van der Waals surface area contributed by atoms with E-state index >= 15 is 0 Å². The van der Waals surface area contributed by atoms with Gasteiger partial charge in [0.2, 0.25) is 0 Å². The number of nitrogens with one attached hydrogen (secondary N) is 1. The maximum atomic E-state index is 12.3. The molecule has 1 aliphatic rings. The van der Waals surface area contributed by atoms with E-state index in [-0.39, 0.29) is 6.54 Å². The van der Waals surface area contributed by atoms with E-state index in [1.165, 1.54) is 0 Å². The van der Waals surface area contributed by atoms with Crippen LogP contribution in [0.15, 0.2) is 0 Å². The number of halogens is 3. The summed E-state index contributed by atoms with van der Waals surface area (Å²) in [5, 5.41) is 12.4. The van der Waals surface area contributed by atoms with Gasteiger partial charge in [-0.25, -0.2) is 0 Å². The molecule has 18 heavy (non-hydrogen) atoms. The van der Waals surface area contributed by atoms with E-state index in [2.05, 4.69) is 12.2 Å². The Morgan fingerprint density at radius 3 is 2.67 bits per heavy atom. The van der Waals surface area contributed by atoms with Gasteiger partial charge in [-0.2, -0.15) is 13.2 Å². The van der Waals surface area contributed by atoms with Gasteiger partial charge in [0.05, 0.1) is 0 Å². The van der Waals surface area contributed by atoms with Crippen molar-refractivity contribution in [1.29, 1.82) is 0 Å². The minimum absolute atomic E-state index is 0.306. The molecule has 0 saturated carbocycles. The maximum Gasteiger partial charge on any atom is 0.415 e. The van der Waals surface area contributed by atoms with E-state index in [1.54, 1.807) is 4.90 Å². The summed E-state index contributed by atoms with van der Waals surface area (Å²) in [7, 11) is 0. The third kappa shape index (κ3) is 4.74. The fourth-order valence-corrected chi connectivity index (χ4v) is 2.50. The molecule has 3 atom stereocenters. The van der Waals surface area contributed by atoms with Gasteiger partial charge in [-0.1, -0.05) is 6.92 Å². The molecule has 2 N–H and O–H groups in total. The number of alkyl halides is 3. The highest BCUT2D eigenvalue weighted by atomic mass is 19.4. The van der Waals surface area contributed by atoms with Crippen molar-refractivity contribution in [3.8, 4) is 0 Å². The molecule has 0 spiro atoms. The second-order valence-corrected chi connectivity index (χ2v) is 5.07. The summed E-state index contributed by atoms with van der Waals surface area (Å²) in [6.45, 7) is 5.91. The molecule has 1 heterocycles. The third-order valence-corrected chi connectivity index (χ3v) is 3.58. The van der Waals surface area contributed by atoms with Gasteiger partial charge in [-0.3, -0.25) is 0 Å². The number of hydrogen-bond donors (Lipinski definition) is 2. The summed E-state index contributed by atoms with van der Waals surface area (Å²) in [5.41, 5.74) is 0. The molecule has 0 bridgehead atoms. The lowest BCUT2D eigenvalue weighted by atomic mass is 9.91. The van der Waals surface area contributed by atoms with Crippen LogP contribution in [-0.4, -0.2) is 54.5 Å². The van der Waals surface area contributed by atoms with Gasteiger partial charge < -0.3 is 15.3 Å². The lowest BCUT2D eigenvalue weighted by Crippen LogP contribution is -2.48. The first-order valence-corrected chi connectivity index (χ1v) is 6.55. The van der Waals surface area contributed by atoms with E-state index in [0.717, 1.165) is 19.4 Å². The van der Waals surface area contributed by atoms with Crippen LogP contribution < -0.4 is 5.32 Å². The van der Waals surface area contributed by atoms with Crippen LogP contribution in [0.2, 0.25) is 0 Å². The van der Waals surface area contributed by atoms with Crippen LogP contribution in [0.25, 0.3) is 0 Å². The van der Waals surface area contributed by atoms with Crippen LogP contribution in [0.3, 0.4) is 0 Å². The average molecular weight is 268 g/mol. The maximum absolute atomic E-state index is 12.3. The first-order chi connectivity index (χ1) is 8.34. The van der Waals surface area contributed by atoms with Crippen molar-refractivity contribution in [2.75, 3.05) is 26.2 Å². The molecule has 3 unspecified atom stereocenters. The van der Waals surface area contributed by atoms with E-state index in [0.29, 0.717) is 25.0 Å². The number of aliphatic hydroxyl groups is 1. The quantitative estimate of drug-likeness (QED) is 0.795. The molecule has 108 valence electrons. The average Bonchev–Trinajstić information content (AvgIpc) is 2.28. The minimum Gasteiger partial charge on any atom is -0.382 e. The second kappa shape index (κ2) is 6.73. The Bertz CT molecular complexity index is 248. The van der Waals surface area contributed by atoms with Crippen LogP contribution in [-0.2, 0) is 0 Å². The molecular formula is C12H23F3N2O. The number of hydrogen-bond acceptors (Lipinski definition) is 3. The van der Waals surface area contributed by atoms with Crippen LogP contribution >= 0.6 is 0 Å². The first kappa shape index (κ1) is 15.7. The molecule has 3 nitrogen and oxygen atoms in total. The molecule has 1 rings (SSSR count). The Labute approximate surface area is 106 Å². The number of piperidine rings is 1. The fraction of sp³-hybridized carbons (Fsp3) is 1.00. The molecule has 1 aliphatic heterocycles. The van der Waals surface area contributed by atoms with Crippen LogP contribution in [0.1, 0.15) is 26.7 Å². The SMILES string of the molecule is CCNC(C)C1CCCN(CC(O)C(F)(F)F)C1. The van der Waals surface area contributed by atoms with E-state index in [1.807, 2.05) is 6.92 Å². The van der Waals surface area contributed by atoms with Crippen molar-refractivity contribution >= 4 is 0 Å². The summed E-state index contributed by atoms with van der Waals surface area (Å²) in [4.78, 5) is 1.72. The number of rotatable bonds is 5. The van der Waals surface area contributed by atoms with Crippen molar-refractivity contribution < 1.29 is 18.3 Å². The van der Waals surface area contributed by atoms with Crippen molar-refractivity contribution in [2.24, 2.45) is 5.92 Å². The molecule has 0 aromatic rings. The summed E-state index contributed by atoms with van der Waals surface area (Å²) in [6.07, 6.45) is -4.82.